The van der Waals surface area contributed by atoms with Crippen molar-refractivity contribution < 1.29 is 19.1 Å². The molecule has 2 saturated heterocycles. The Kier molecular flexibility index (Phi) is 3.01. The molecule has 0 aliphatic carbocycles. The Bertz CT molecular complexity index is 643. The molecule has 2 fully saturated rings. The van der Waals surface area contributed by atoms with Crippen LogP contribution in [0.15, 0.2) is 24.3 Å². The fraction of sp³-hybridized carbons (Fsp3) is 0.529. The molecule has 0 bridgehead atoms. The number of carbonyl (C=O) groups is 2. The van der Waals surface area contributed by atoms with E-state index in [1.54, 1.807) is 13.0 Å². The Morgan fingerprint density at radius 2 is 2.27 bits per heavy atom. The largest absolute Gasteiger partial charge is 0.465 e. The van der Waals surface area contributed by atoms with E-state index in [1.807, 2.05) is 18.2 Å². The molecular formula is C17H19NO4. The molecule has 0 radical (unpaired) electrons. The van der Waals surface area contributed by atoms with Gasteiger partial charge in [-0.15, -0.1) is 0 Å². The van der Waals surface area contributed by atoms with Gasteiger partial charge in [-0.3, -0.25) is 14.5 Å². The molecular weight excluding hydrogens is 282 g/mol. The van der Waals surface area contributed by atoms with Crippen molar-refractivity contribution in [3.05, 3.63) is 29.8 Å². The SMILES string of the molecule is CCOC(=O)[C@]12C(=O)Oc3ccccc3[C@H]1CN1CCC[C@@H]12. The van der Waals surface area contributed by atoms with Crippen LogP contribution in [0, 0.1) is 5.41 Å². The first kappa shape index (κ1) is 13.8. The number of benzene rings is 1. The van der Waals surface area contributed by atoms with Crippen LogP contribution in [-0.2, 0) is 14.3 Å². The number of rotatable bonds is 2. The summed E-state index contributed by atoms with van der Waals surface area (Å²) in [6, 6.07) is 7.43. The van der Waals surface area contributed by atoms with Gasteiger partial charge in [0.05, 0.1) is 6.61 Å². The second kappa shape index (κ2) is 4.81. The van der Waals surface area contributed by atoms with Gasteiger partial charge in [0, 0.05) is 24.1 Å². The average Bonchev–Trinajstić information content (AvgIpc) is 3.07. The van der Waals surface area contributed by atoms with Crippen LogP contribution in [0.5, 0.6) is 5.75 Å². The summed E-state index contributed by atoms with van der Waals surface area (Å²) in [7, 11) is 0. The van der Waals surface area contributed by atoms with E-state index in [0.717, 1.165) is 31.5 Å². The van der Waals surface area contributed by atoms with Crippen molar-refractivity contribution in [2.45, 2.75) is 31.7 Å². The normalized spacial score (nSPS) is 32.9. The first-order chi connectivity index (χ1) is 10.7. The van der Waals surface area contributed by atoms with Crippen LogP contribution in [-0.4, -0.2) is 42.6 Å². The van der Waals surface area contributed by atoms with Crippen molar-refractivity contribution >= 4 is 11.9 Å². The Morgan fingerprint density at radius 1 is 1.45 bits per heavy atom. The van der Waals surface area contributed by atoms with Gasteiger partial charge in [-0.25, -0.2) is 0 Å². The summed E-state index contributed by atoms with van der Waals surface area (Å²) in [5.74, 6) is -0.453. The molecule has 3 atom stereocenters. The summed E-state index contributed by atoms with van der Waals surface area (Å²) in [6.45, 7) is 3.69. The molecule has 0 unspecified atom stereocenters. The van der Waals surface area contributed by atoms with Crippen LogP contribution in [0.1, 0.15) is 31.2 Å². The number of fused-ring (bicyclic) bond motifs is 5. The highest BCUT2D eigenvalue weighted by atomic mass is 16.6. The zero-order chi connectivity index (χ0) is 15.3. The van der Waals surface area contributed by atoms with E-state index in [2.05, 4.69) is 4.90 Å². The van der Waals surface area contributed by atoms with Crippen molar-refractivity contribution in [3.63, 3.8) is 0 Å². The summed E-state index contributed by atoms with van der Waals surface area (Å²) in [6.07, 6.45) is 1.85. The lowest BCUT2D eigenvalue weighted by atomic mass is 9.68. The molecule has 0 saturated carbocycles. The minimum absolute atomic E-state index is 0.0996. The van der Waals surface area contributed by atoms with Crippen molar-refractivity contribution in [3.8, 4) is 5.75 Å². The highest BCUT2D eigenvalue weighted by Gasteiger charge is 2.69. The third kappa shape index (κ3) is 1.57. The predicted molar refractivity (Wildman–Crippen MR) is 78.5 cm³/mol. The molecule has 0 N–H and O–H groups in total. The van der Waals surface area contributed by atoms with Crippen molar-refractivity contribution in [1.29, 1.82) is 0 Å². The Hall–Kier alpha value is -1.88. The van der Waals surface area contributed by atoms with Crippen LogP contribution in [0.25, 0.3) is 0 Å². The van der Waals surface area contributed by atoms with E-state index >= 15 is 0 Å². The van der Waals surface area contributed by atoms with E-state index in [-0.39, 0.29) is 18.6 Å². The molecule has 1 aromatic carbocycles. The second-order valence-corrected chi connectivity index (χ2v) is 6.22. The quantitative estimate of drug-likeness (QED) is 0.473. The van der Waals surface area contributed by atoms with Crippen LogP contribution in [0.3, 0.4) is 0 Å². The third-order valence-corrected chi connectivity index (χ3v) is 5.30. The maximum atomic E-state index is 12.9. The smallest absolute Gasteiger partial charge is 0.331 e. The molecule has 22 heavy (non-hydrogen) atoms. The molecule has 0 aromatic heterocycles. The zero-order valence-corrected chi connectivity index (χ0v) is 12.6. The van der Waals surface area contributed by atoms with Gasteiger partial charge < -0.3 is 9.47 Å². The van der Waals surface area contributed by atoms with Gasteiger partial charge in [0.15, 0.2) is 5.41 Å². The lowest BCUT2D eigenvalue weighted by molar-refractivity contribution is -0.171. The number of esters is 2. The minimum atomic E-state index is -1.19. The van der Waals surface area contributed by atoms with E-state index in [1.165, 1.54) is 0 Å². The maximum absolute atomic E-state index is 12.9. The van der Waals surface area contributed by atoms with Gasteiger partial charge >= 0.3 is 11.9 Å². The number of hydrogen-bond donors (Lipinski definition) is 0. The fourth-order valence-corrected chi connectivity index (χ4v) is 4.45. The van der Waals surface area contributed by atoms with Gasteiger partial charge in [0.1, 0.15) is 5.75 Å². The first-order valence-electron chi connectivity index (χ1n) is 7.92. The van der Waals surface area contributed by atoms with Gasteiger partial charge in [-0.1, -0.05) is 18.2 Å². The monoisotopic (exact) mass is 301 g/mol. The lowest BCUT2D eigenvalue weighted by Gasteiger charge is -2.38. The first-order valence-corrected chi connectivity index (χ1v) is 7.92. The Labute approximate surface area is 129 Å². The average molecular weight is 301 g/mol. The van der Waals surface area contributed by atoms with Crippen LogP contribution >= 0.6 is 0 Å². The molecule has 0 amide bonds. The van der Waals surface area contributed by atoms with E-state index in [9.17, 15) is 9.59 Å². The van der Waals surface area contributed by atoms with Crippen LogP contribution < -0.4 is 4.74 Å². The van der Waals surface area contributed by atoms with E-state index in [4.69, 9.17) is 9.47 Å². The molecule has 116 valence electrons. The molecule has 3 heterocycles. The van der Waals surface area contributed by atoms with Crippen molar-refractivity contribution in [2.24, 2.45) is 5.41 Å². The van der Waals surface area contributed by atoms with Gasteiger partial charge in [-0.2, -0.15) is 0 Å². The molecule has 3 aliphatic rings. The number of carbonyl (C=O) groups excluding carboxylic acids is 2. The molecule has 4 rings (SSSR count). The van der Waals surface area contributed by atoms with E-state index in [0.29, 0.717) is 5.75 Å². The number of para-hydroxylation sites is 1. The highest BCUT2D eigenvalue weighted by Crippen LogP contribution is 2.56. The molecule has 0 spiro atoms. The van der Waals surface area contributed by atoms with Crippen molar-refractivity contribution in [1.82, 2.24) is 4.90 Å². The summed E-state index contributed by atoms with van der Waals surface area (Å²) in [4.78, 5) is 27.9. The summed E-state index contributed by atoms with van der Waals surface area (Å²) in [5.41, 5.74) is -0.245. The highest BCUT2D eigenvalue weighted by molar-refractivity contribution is 6.05. The van der Waals surface area contributed by atoms with Gasteiger partial charge in [0.2, 0.25) is 0 Å². The van der Waals surface area contributed by atoms with Gasteiger partial charge in [-0.05, 0) is 32.4 Å². The Morgan fingerprint density at radius 3 is 3.09 bits per heavy atom. The maximum Gasteiger partial charge on any atom is 0.331 e. The molecule has 5 nitrogen and oxygen atoms in total. The second-order valence-electron chi connectivity index (χ2n) is 6.22. The zero-order valence-electron chi connectivity index (χ0n) is 12.6. The van der Waals surface area contributed by atoms with Crippen LogP contribution in [0.4, 0.5) is 0 Å². The topological polar surface area (TPSA) is 55.8 Å². The number of hydrogen-bond acceptors (Lipinski definition) is 5. The van der Waals surface area contributed by atoms with E-state index < -0.39 is 17.4 Å². The fourth-order valence-electron chi connectivity index (χ4n) is 4.45. The molecule has 3 aliphatic heterocycles. The predicted octanol–water partition coefficient (Wildman–Crippen LogP) is 1.72. The Balaban J connectivity index is 1.89. The summed E-state index contributed by atoms with van der Waals surface area (Å²) < 4.78 is 10.9. The molecule has 1 aromatic rings. The summed E-state index contributed by atoms with van der Waals surface area (Å²) >= 11 is 0. The van der Waals surface area contributed by atoms with Gasteiger partial charge in [0.25, 0.3) is 0 Å². The van der Waals surface area contributed by atoms with Crippen LogP contribution in [0.2, 0.25) is 0 Å². The number of nitrogens with zero attached hydrogens (tertiary/aromatic N) is 1. The summed E-state index contributed by atoms with van der Waals surface area (Å²) in [5, 5.41) is 0. The third-order valence-electron chi connectivity index (χ3n) is 5.30. The standard InChI is InChI=1S/C17H19NO4/c1-2-21-15(19)17-12(10-18-9-5-8-14(17)18)11-6-3-4-7-13(11)22-16(17)20/h3-4,6-7,12,14H,2,5,8-10H2,1H3/t12-,14-,17+/m1/s1. The lowest BCUT2D eigenvalue weighted by Crippen LogP contribution is -2.54. The minimum Gasteiger partial charge on any atom is -0.465 e. The molecule has 5 heteroatoms. The number of ether oxygens (including phenoxy) is 2. The van der Waals surface area contributed by atoms with Crippen molar-refractivity contribution in [2.75, 3.05) is 19.7 Å².